The van der Waals surface area contributed by atoms with Crippen molar-refractivity contribution in [1.82, 2.24) is 5.43 Å². The van der Waals surface area contributed by atoms with Gasteiger partial charge < -0.3 is 23.4 Å². The average Bonchev–Trinajstić information content (AvgIpc) is 3.32. The van der Waals surface area contributed by atoms with Crippen LogP contribution in [0.2, 0.25) is 0 Å². The van der Waals surface area contributed by atoms with Crippen molar-refractivity contribution in [2.24, 2.45) is 5.10 Å². The van der Waals surface area contributed by atoms with E-state index in [0.29, 0.717) is 34.1 Å². The van der Waals surface area contributed by atoms with Crippen molar-refractivity contribution in [3.63, 3.8) is 0 Å². The Morgan fingerprint density at radius 1 is 1.11 bits per heavy atom. The molecule has 1 aliphatic heterocycles. The molecule has 1 amide bonds. The molecule has 0 spiro atoms. The third kappa shape index (κ3) is 3.36. The zero-order valence-electron chi connectivity index (χ0n) is 14.9. The van der Waals surface area contributed by atoms with E-state index in [4.69, 9.17) is 23.4 Å². The Balaban J connectivity index is 1.54. The van der Waals surface area contributed by atoms with Gasteiger partial charge in [-0.3, -0.25) is 4.79 Å². The van der Waals surface area contributed by atoms with Gasteiger partial charge in [0, 0.05) is 21.5 Å². The molecule has 8 nitrogen and oxygen atoms in total. The van der Waals surface area contributed by atoms with Crippen LogP contribution >= 0.6 is 15.9 Å². The topological polar surface area (TPSA) is 91.5 Å². The molecule has 0 unspecified atom stereocenters. The lowest BCUT2D eigenvalue weighted by atomic mass is 10.2. The molecule has 0 saturated heterocycles. The molecule has 9 heteroatoms. The van der Waals surface area contributed by atoms with Crippen LogP contribution in [0.15, 0.2) is 44.3 Å². The zero-order chi connectivity index (χ0) is 19.7. The summed E-state index contributed by atoms with van der Waals surface area (Å²) in [5.41, 5.74) is 3.55. The Morgan fingerprint density at radius 3 is 2.61 bits per heavy atom. The van der Waals surface area contributed by atoms with Crippen molar-refractivity contribution in [3.8, 4) is 23.0 Å². The average molecular weight is 447 g/mol. The van der Waals surface area contributed by atoms with E-state index < -0.39 is 5.91 Å². The molecule has 1 aromatic heterocycles. The van der Waals surface area contributed by atoms with Crippen LogP contribution in [0.3, 0.4) is 0 Å². The van der Waals surface area contributed by atoms with Gasteiger partial charge in [0.2, 0.25) is 6.79 Å². The minimum Gasteiger partial charge on any atom is -0.496 e. The molecule has 4 rings (SSSR count). The highest BCUT2D eigenvalue weighted by molar-refractivity contribution is 9.10. The molecule has 0 fully saturated rings. The van der Waals surface area contributed by atoms with Crippen LogP contribution in [0.25, 0.3) is 11.0 Å². The summed E-state index contributed by atoms with van der Waals surface area (Å²) in [6.45, 7) is 0.154. The summed E-state index contributed by atoms with van der Waals surface area (Å²) in [6.07, 6.45) is 1.46. The fraction of sp³-hybridized carbons (Fsp3) is 0.158. The molecule has 1 N–H and O–H groups in total. The minimum atomic E-state index is -0.495. The first-order chi connectivity index (χ1) is 13.6. The maximum atomic E-state index is 12.4. The summed E-state index contributed by atoms with van der Waals surface area (Å²) in [5, 5.41) is 4.71. The molecule has 28 heavy (non-hydrogen) atoms. The molecule has 3 aromatic rings. The van der Waals surface area contributed by atoms with Crippen molar-refractivity contribution in [2.45, 2.75) is 0 Å². The number of ether oxygens (including phenoxy) is 4. The highest BCUT2D eigenvalue weighted by Crippen LogP contribution is 2.37. The lowest BCUT2D eigenvalue weighted by molar-refractivity contribution is 0.0929. The largest absolute Gasteiger partial charge is 0.496 e. The van der Waals surface area contributed by atoms with E-state index in [0.717, 1.165) is 9.86 Å². The van der Waals surface area contributed by atoms with Gasteiger partial charge >= 0.3 is 5.91 Å². The number of nitrogens with one attached hydrogen (secondary N) is 1. The maximum Gasteiger partial charge on any atom is 0.307 e. The summed E-state index contributed by atoms with van der Waals surface area (Å²) in [7, 11) is 3.07. The van der Waals surface area contributed by atoms with Gasteiger partial charge in [-0.1, -0.05) is 15.9 Å². The third-order valence-electron chi connectivity index (χ3n) is 4.09. The maximum absolute atomic E-state index is 12.4. The number of rotatable bonds is 5. The summed E-state index contributed by atoms with van der Waals surface area (Å²) < 4.78 is 27.7. The first-order valence-corrected chi connectivity index (χ1v) is 8.96. The second kappa shape index (κ2) is 7.43. The number of carbonyl (C=O) groups is 1. The Hall–Kier alpha value is -3.20. The molecule has 2 aromatic carbocycles. The number of benzene rings is 2. The molecular weight excluding hydrogens is 432 g/mol. The van der Waals surface area contributed by atoms with Crippen LogP contribution in [0.4, 0.5) is 0 Å². The van der Waals surface area contributed by atoms with E-state index in [2.05, 4.69) is 26.5 Å². The smallest absolute Gasteiger partial charge is 0.307 e. The number of hydrogen-bond acceptors (Lipinski definition) is 7. The Labute approximate surface area is 168 Å². The molecule has 0 aliphatic carbocycles. The van der Waals surface area contributed by atoms with Gasteiger partial charge in [-0.05, 0) is 24.3 Å². The van der Waals surface area contributed by atoms with Gasteiger partial charge in [0.1, 0.15) is 5.75 Å². The third-order valence-corrected chi connectivity index (χ3v) is 4.54. The van der Waals surface area contributed by atoms with E-state index in [-0.39, 0.29) is 12.6 Å². The van der Waals surface area contributed by atoms with Gasteiger partial charge in [-0.2, -0.15) is 5.10 Å². The SMILES string of the molecule is COc1cc2c(cc1/C=N/NC(=O)c1cc3cc(Br)cc(OC)c3o1)OCO2. The van der Waals surface area contributed by atoms with E-state index >= 15 is 0 Å². The number of amides is 1. The highest BCUT2D eigenvalue weighted by Gasteiger charge is 2.18. The first kappa shape index (κ1) is 18.2. The summed E-state index contributed by atoms with van der Waals surface area (Å²) in [6, 6.07) is 8.64. The van der Waals surface area contributed by atoms with Gasteiger partial charge in [0.15, 0.2) is 28.6 Å². The second-order valence-electron chi connectivity index (χ2n) is 5.78. The predicted octanol–water partition coefficient (Wildman–Crippen LogP) is 3.71. The van der Waals surface area contributed by atoms with Gasteiger partial charge in [-0.15, -0.1) is 0 Å². The lowest BCUT2D eigenvalue weighted by Gasteiger charge is -2.06. The van der Waals surface area contributed by atoms with E-state index in [1.807, 2.05) is 6.07 Å². The van der Waals surface area contributed by atoms with Crippen molar-refractivity contribution in [3.05, 3.63) is 46.1 Å². The normalized spacial score (nSPS) is 12.5. The van der Waals surface area contributed by atoms with E-state index in [1.54, 1.807) is 24.3 Å². The summed E-state index contributed by atoms with van der Waals surface area (Å²) in [4.78, 5) is 12.4. The van der Waals surface area contributed by atoms with Crippen molar-refractivity contribution in [1.29, 1.82) is 0 Å². The number of carbonyl (C=O) groups excluding carboxylic acids is 1. The molecule has 1 aliphatic rings. The molecule has 0 bridgehead atoms. The van der Waals surface area contributed by atoms with Crippen LogP contribution in [0.1, 0.15) is 16.1 Å². The molecule has 0 radical (unpaired) electrons. The Morgan fingerprint density at radius 2 is 1.86 bits per heavy atom. The van der Waals surface area contributed by atoms with Crippen LogP contribution < -0.4 is 24.4 Å². The highest BCUT2D eigenvalue weighted by atomic mass is 79.9. The number of nitrogens with zero attached hydrogens (tertiary/aromatic N) is 1. The number of methoxy groups -OCH3 is 2. The standard InChI is InChI=1S/C19H15BrN2O6/c1-24-13-7-15-14(26-9-27-15)5-11(13)8-21-22-19(23)17-4-10-3-12(20)6-16(25-2)18(10)28-17/h3-8H,9H2,1-2H3,(H,22,23)/b21-8+. The van der Waals surface area contributed by atoms with Gasteiger partial charge in [0.05, 0.1) is 20.4 Å². The number of hydrogen-bond donors (Lipinski definition) is 1. The molecule has 0 atom stereocenters. The van der Waals surface area contributed by atoms with Crippen molar-refractivity contribution in [2.75, 3.05) is 21.0 Å². The zero-order valence-corrected chi connectivity index (χ0v) is 16.5. The quantitative estimate of drug-likeness (QED) is 0.474. The summed E-state index contributed by atoms with van der Waals surface area (Å²) in [5.74, 6) is 1.87. The van der Waals surface area contributed by atoms with E-state index in [1.165, 1.54) is 20.4 Å². The second-order valence-corrected chi connectivity index (χ2v) is 6.70. The van der Waals surface area contributed by atoms with E-state index in [9.17, 15) is 4.79 Å². The van der Waals surface area contributed by atoms with Crippen molar-refractivity contribution >= 4 is 39.0 Å². The molecule has 2 heterocycles. The van der Waals surface area contributed by atoms with Crippen LogP contribution in [0, 0.1) is 0 Å². The van der Waals surface area contributed by atoms with Crippen LogP contribution in [-0.4, -0.2) is 33.1 Å². The van der Waals surface area contributed by atoms with Gasteiger partial charge in [0.25, 0.3) is 0 Å². The molecule has 144 valence electrons. The minimum absolute atomic E-state index is 0.112. The molecular formula is C19H15BrN2O6. The van der Waals surface area contributed by atoms with Crippen LogP contribution in [-0.2, 0) is 0 Å². The van der Waals surface area contributed by atoms with Crippen LogP contribution in [0.5, 0.6) is 23.0 Å². The first-order valence-electron chi connectivity index (χ1n) is 8.17. The van der Waals surface area contributed by atoms with Crippen molar-refractivity contribution < 1.29 is 28.2 Å². The number of hydrazone groups is 1. The summed E-state index contributed by atoms with van der Waals surface area (Å²) >= 11 is 3.40. The number of halogens is 1. The predicted molar refractivity (Wildman–Crippen MR) is 105 cm³/mol. The number of furan rings is 1. The monoisotopic (exact) mass is 446 g/mol. The lowest BCUT2D eigenvalue weighted by Crippen LogP contribution is -2.16. The molecule has 0 saturated carbocycles. The fourth-order valence-corrected chi connectivity index (χ4v) is 3.24. The fourth-order valence-electron chi connectivity index (χ4n) is 2.78. The number of fused-ring (bicyclic) bond motifs is 2. The Bertz CT molecular complexity index is 1090. The van der Waals surface area contributed by atoms with Gasteiger partial charge in [-0.25, -0.2) is 5.43 Å². The Kier molecular flexibility index (Phi) is 4.82.